The van der Waals surface area contributed by atoms with Crippen molar-refractivity contribution in [3.63, 3.8) is 0 Å². The van der Waals surface area contributed by atoms with Crippen molar-refractivity contribution >= 4 is 17.7 Å². The first kappa shape index (κ1) is 18.1. The van der Waals surface area contributed by atoms with E-state index in [2.05, 4.69) is 16.0 Å². The van der Waals surface area contributed by atoms with Gasteiger partial charge in [0.2, 0.25) is 11.8 Å². The molecule has 1 aromatic carbocycles. The van der Waals surface area contributed by atoms with Crippen LogP contribution in [0.2, 0.25) is 0 Å². The first-order valence-electron chi connectivity index (χ1n) is 9.31. The van der Waals surface area contributed by atoms with E-state index in [1.165, 1.54) is 0 Å². The Bertz CT molecular complexity index is 784. The average Bonchev–Trinajstić information content (AvgIpc) is 2.95. The molecule has 3 aliphatic heterocycles. The molecule has 1 atom stereocenters. The standard InChI is InChI=1S/C19H24N4O4/c24-11-19(9-21-10-19)8-20-6-12-2-1-3-13-14(12)7-23(18(13)27)15-4-5-16(25)22-17(15)26/h1-3,15,20-21,24H,4-11H2,(H,22,25,26). The number of piperidine rings is 1. The SMILES string of the molecule is O=C1CCC(N2Cc3c(CNCC4(CO)CNC4)cccc3C2=O)C(=O)N1. The van der Waals surface area contributed by atoms with E-state index in [4.69, 9.17) is 0 Å². The molecule has 0 aromatic heterocycles. The van der Waals surface area contributed by atoms with Gasteiger partial charge in [-0.3, -0.25) is 19.7 Å². The summed E-state index contributed by atoms with van der Waals surface area (Å²) in [4.78, 5) is 37.9. The van der Waals surface area contributed by atoms with Crippen molar-refractivity contribution < 1.29 is 19.5 Å². The molecule has 0 radical (unpaired) electrons. The van der Waals surface area contributed by atoms with Gasteiger partial charge in [0.25, 0.3) is 5.91 Å². The molecule has 4 N–H and O–H groups in total. The molecular weight excluding hydrogens is 348 g/mol. The normalized spacial score (nSPS) is 23.8. The summed E-state index contributed by atoms with van der Waals surface area (Å²) in [7, 11) is 0. The van der Waals surface area contributed by atoms with Crippen LogP contribution in [-0.2, 0) is 22.7 Å². The number of imide groups is 1. The molecule has 2 saturated heterocycles. The first-order valence-corrected chi connectivity index (χ1v) is 9.31. The minimum absolute atomic E-state index is 0.105. The lowest BCUT2D eigenvalue weighted by atomic mass is 9.82. The molecule has 3 heterocycles. The van der Waals surface area contributed by atoms with E-state index < -0.39 is 11.9 Å². The zero-order chi connectivity index (χ0) is 19.0. The summed E-state index contributed by atoms with van der Waals surface area (Å²) in [5.41, 5.74) is 2.48. The van der Waals surface area contributed by atoms with Gasteiger partial charge in [-0.2, -0.15) is 0 Å². The van der Waals surface area contributed by atoms with Crippen molar-refractivity contribution in [2.75, 3.05) is 26.2 Å². The number of hydrogen-bond acceptors (Lipinski definition) is 6. The molecule has 27 heavy (non-hydrogen) atoms. The Labute approximate surface area is 157 Å². The van der Waals surface area contributed by atoms with Gasteiger partial charge in [0.05, 0.1) is 6.61 Å². The Balaban J connectivity index is 1.46. The Morgan fingerprint density at radius 3 is 2.74 bits per heavy atom. The molecule has 8 nitrogen and oxygen atoms in total. The predicted molar refractivity (Wildman–Crippen MR) is 96.6 cm³/mol. The maximum absolute atomic E-state index is 12.8. The number of rotatable bonds is 6. The maximum Gasteiger partial charge on any atom is 0.255 e. The third-order valence-corrected chi connectivity index (χ3v) is 5.83. The molecule has 0 aliphatic carbocycles. The Morgan fingerprint density at radius 1 is 1.26 bits per heavy atom. The predicted octanol–water partition coefficient (Wildman–Crippen LogP) is -0.881. The van der Waals surface area contributed by atoms with E-state index in [-0.39, 0.29) is 30.3 Å². The fourth-order valence-electron chi connectivity index (χ4n) is 4.05. The molecule has 1 aromatic rings. The van der Waals surface area contributed by atoms with Crippen LogP contribution in [0, 0.1) is 5.41 Å². The van der Waals surface area contributed by atoms with E-state index in [0.717, 1.165) is 24.2 Å². The topological polar surface area (TPSA) is 111 Å². The summed E-state index contributed by atoms with van der Waals surface area (Å²) in [6, 6.07) is 5.03. The number of carbonyl (C=O) groups is 3. The summed E-state index contributed by atoms with van der Waals surface area (Å²) in [5, 5.41) is 18.5. The fraction of sp³-hybridized carbons (Fsp3) is 0.526. The van der Waals surface area contributed by atoms with E-state index in [0.29, 0.717) is 31.6 Å². The van der Waals surface area contributed by atoms with Gasteiger partial charge in [0, 0.05) is 50.1 Å². The zero-order valence-electron chi connectivity index (χ0n) is 15.1. The molecule has 1 unspecified atom stereocenters. The highest BCUT2D eigenvalue weighted by molar-refractivity contribution is 6.05. The molecule has 144 valence electrons. The molecule has 4 rings (SSSR count). The second kappa shape index (κ2) is 7.03. The summed E-state index contributed by atoms with van der Waals surface area (Å²) >= 11 is 0. The Kier molecular flexibility index (Phi) is 4.71. The minimum atomic E-state index is -0.595. The highest BCUT2D eigenvalue weighted by Crippen LogP contribution is 2.30. The van der Waals surface area contributed by atoms with Crippen molar-refractivity contribution in [1.29, 1.82) is 0 Å². The van der Waals surface area contributed by atoms with Gasteiger partial charge in [0.1, 0.15) is 6.04 Å². The van der Waals surface area contributed by atoms with Crippen LogP contribution in [0.3, 0.4) is 0 Å². The fourth-order valence-corrected chi connectivity index (χ4v) is 4.05. The van der Waals surface area contributed by atoms with Crippen LogP contribution in [0.1, 0.15) is 34.3 Å². The quantitative estimate of drug-likeness (QED) is 0.483. The van der Waals surface area contributed by atoms with Crippen LogP contribution < -0.4 is 16.0 Å². The van der Waals surface area contributed by atoms with Crippen LogP contribution in [0.5, 0.6) is 0 Å². The lowest BCUT2D eigenvalue weighted by Gasteiger charge is -2.41. The maximum atomic E-state index is 12.8. The van der Waals surface area contributed by atoms with Crippen molar-refractivity contribution in [1.82, 2.24) is 20.9 Å². The number of fused-ring (bicyclic) bond motifs is 1. The average molecular weight is 372 g/mol. The lowest BCUT2D eigenvalue weighted by molar-refractivity contribution is -0.136. The third-order valence-electron chi connectivity index (χ3n) is 5.83. The third kappa shape index (κ3) is 3.24. The van der Waals surface area contributed by atoms with Crippen LogP contribution in [0.15, 0.2) is 18.2 Å². The van der Waals surface area contributed by atoms with Gasteiger partial charge in [-0.05, 0) is 23.6 Å². The number of amides is 3. The van der Waals surface area contributed by atoms with Gasteiger partial charge in [0.15, 0.2) is 0 Å². The van der Waals surface area contributed by atoms with Crippen molar-refractivity contribution in [2.24, 2.45) is 5.41 Å². The monoisotopic (exact) mass is 372 g/mol. The lowest BCUT2D eigenvalue weighted by Crippen LogP contribution is -2.60. The van der Waals surface area contributed by atoms with Gasteiger partial charge < -0.3 is 20.6 Å². The molecule has 0 saturated carbocycles. The van der Waals surface area contributed by atoms with Gasteiger partial charge in [-0.25, -0.2) is 0 Å². The van der Waals surface area contributed by atoms with Crippen LogP contribution in [-0.4, -0.2) is 60.0 Å². The second-order valence-corrected chi connectivity index (χ2v) is 7.71. The zero-order valence-corrected chi connectivity index (χ0v) is 15.1. The summed E-state index contributed by atoms with van der Waals surface area (Å²) in [6.07, 6.45) is 0.617. The van der Waals surface area contributed by atoms with Crippen LogP contribution >= 0.6 is 0 Å². The van der Waals surface area contributed by atoms with E-state index >= 15 is 0 Å². The van der Waals surface area contributed by atoms with Crippen molar-refractivity contribution in [2.45, 2.75) is 32.0 Å². The summed E-state index contributed by atoms with van der Waals surface area (Å²) in [5.74, 6) is -0.834. The van der Waals surface area contributed by atoms with Gasteiger partial charge in [-0.15, -0.1) is 0 Å². The van der Waals surface area contributed by atoms with Gasteiger partial charge >= 0.3 is 0 Å². The number of carbonyl (C=O) groups excluding carboxylic acids is 3. The van der Waals surface area contributed by atoms with Crippen molar-refractivity contribution in [3.05, 3.63) is 34.9 Å². The van der Waals surface area contributed by atoms with Crippen molar-refractivity contribution in [3.8, 4) is 0 Å². The van der Waals surface area contributed by atoms with Crippen LogP contribution in [0.25, 0.3) is 0 Å². The summed E-state index contributed by atoms with van der Waals surface area (Å²) in [6.45, 7) is 3.41. The second-order valence-electron chi connectivity index (χ2n) is 7.71. The number of nitrogens with one attached hydrogen (secondary N) is 3. The highest BCUT2D eigenvalue weighted by atomic mass is 16.3. The number of aliphatic hydroxyl groups is 1. The van der Waals surface area contributed by atoms with E-state index in [1.54, 1.807) is 11.0 Å². The number of hydrogen-bond donors (Lipinski definition) is 4. The summed E-state index contributed by atoms with van der Waals surface area (Å²) < 4.78 is 0. The molecule has 0 spiro atoms. The molecule has 8 heteroatoms. The number of nitrogens with zero attached hydrogens (tertiary/aromatic N) is 1. The molecule has 3 amide bonds. The number of aliphatic hydroxyl groups excluding tert-OH is 1. The van der Waals surface area contributed by atoms with E-state index in [9.17, 15) is 19.5 Å². The van der Waals surface area contributed by atoms with Gasteiger partial charge in [-0.1, -0.05) is 12.1 Å². The molecule has 3 aliphatic rings. The highest BCUT2D eigenvalue weighted by Gasteiger charge is 2.40. The smallest absolute Gasteiger partial charge is 0.255 e. The first-order chi connectivity index (χ1) is 13.0. The minimum Gasteiger partial charge on any atom is -0.396 e. The molecule has 2 fully saturated rings. The molecular formula is C19H24N4O4. The Hall–Kier alpha value is -2.29. The Morgan fingerprint density at radius 2 is 2.07 bits per heavy atom. The largest absolute Gasteiger partial charge is 0.396 e. The van der Waals surface area contributed by atoms with Crippen LogP contribution in [0.4, 0.5) is 0 Å². The number of benzene rings is 1. The van der Waals surface area contributed by atoms with E-state index in [1.807, 2.05) is 12.1 Å². The molecule has 0 bridgehead atoms.